The fourth-order valence-electron chi connectivity index (χ4n) is 5.14. The highest BCUT2D eigenvalue weighted by atomic mass is 16.6. The van der Waals surface area contributed by atoms with E-state index < -0.39 is 23.9 Å². The largest absolute Gasteiger partial charge is 0.495 e. The maximum atomic E-state index is 13.9. The summed E-state index contributed by atoms with van der Waals surface area (Å²) in [6.07, 6.45) is 0. The van der Waals surface area contributed by atoms with Crippen LogP contribution < -0.4 is 4.74 Å². The first-order chi connectivity index (χ1) is 23.9. The second-order valence-corrected chi connectivity index (χ2v) is 10.9. The van der Waals surface area contributed by atoms with E-state index in [-0.39, 0.29) is 60.0 Å². The molecule has 0 saturated heterocycles. The van der Waals surface area contributed by atoms with Gasteiger partial charge in [0.25, 0.3) is 0 Å². The summed E-state index contributed by atoms with van der Waals surface area (Å²) in [5, 5.41) is 0. The average molecular weight is 659 g/mol. The Morgan fingerprint density at radius 3 is 0.898 bits per heavy atom. The van der Waals surface area contributed by atoms with Crippen LogP contribution in [0.5, 0.6) is 5.75 Å². The smallest absolute Gasteiger partial charge is 0.343 e. The molecule has 9 heteroatoms. The van der Waals surface area contributed by atoms with Gasteiger partial charge in [0.1, 0.15) is 43.3 Å². The summed E-state index contributed by atoms with van der Waals surface area (Å²) >= 11 is 0. The van der Waals surface area contributed by atoms with E-state index in [2.05, 4.69) is 0 Å². The van der Waals surface area contributed by atoms with Gasteiger partial charge < -0.3 is 23.7 Å². The van der Waals surface area contributed by atoms with Crippen molar-refractivity contribution in [3.63, 3.8) is 0 Å². The van der Waals surface area contributed by atoms with E-state index in [1.165, 1.54) is 14.0 Å². The maximum absolute atomic E-state index is 13.9. The molecule has 5 aromatic rings. The van der Waals surface area contributed by atoms with E-state index in [1.54, 1.807) is 97.1 Å². The molecule has 49 heavy (non-hydrogen) atoms. The van der Waals surface area contributed by atoms with E-state index in [0.29, 0.717) is 22.3 Å². The number of carbonyl (C=O) groups is 4. The molecule has 5 aromatic carbocycles. The van der Waals surface area contributed by atoms with Gasteiger partial charge in [-0.1, -0.05) is 121 Å². The second kappa shape index (κ2) is 16.6. The molecule has 0 radical (unpaired) electrons. The molecule has 0 heterocycles. The Morgan fingerprint density at radius 1 is 0.408 bits per heavy atom. The molecule has 0 aliphatic heterocycles. The fraction of sp³-hybridized carbons (Fsp3) is 0.150. The first-order valence-electron chi connectivity index (χ1n) is 15.5. The van der Waals surface area contributed by atoms with Crippen molar-refractivity contribution in [2.45, 2.75) is 33.4 Å². The molecule has 9 nitrogen and oxygen atoms in total. The summed E-state index contributed by atoms with van der Waals surface area (Å²) in [5.41, 5.74) is 1.31. The molecule has 0 aromatic heterocycles. The molecule has 5 rings (SSSR count). The minimum atomic E-state index is -0.975. The third-order valence-electron chi connectivity index (χ3n) is 7.58. The first kappa shape index (κ1) is 34.1. The van der Waals surface area contributed by atoms with Crippen LogP contribution in [0.2, 0.25) is 0 Å². The van der Waals surface area contributed by atoms with Crippen LogP contribution in [0.25, 0.3) is 0 Å². The van der Waals surface area contributed by atoms with Crippen LogP contribution in [-0.2, 0) is 45.4 Å². The van der Waals surface area contributed by atoms with Crippen molar-refractivity contribution >= 4 is 23.9 Å². The summed E-state index contributed by atoms with van der Waals surface area (Å²) in [6.45, 7) is 0.882. The normalized spacial score (nSPS) is 10.5. The average Bonchev–Trinajstić information content (AvgIpc) is 3.15. The third-order valence-corrected chi connectivity index (χ3v) is 7.58. The third kappa shape index (κ3) is 8.58. The van der Waals surface area contributed by atoms with Gasteiger partial charge >= 0.3 is 23.9 Å². The summed E-state index contributed by atoms with van der Waals surface area (Å²) in [7, 11) is 1.21. The van der Waals surface area contributed by atoms with Crippen molar-refractivity contribution in [1.29, 1.82) is 0 Å². The lowest BCUT2D eigenvalue weighted by Gasteiger charge is -2.22. The van der Waals surface area contributed by atoms with Gasteiger partial charge in [0.15, 0.2) is 0 Å². The van der Waals surface area contributed by atoms with Gasteiger partial charge in [-0.2, -0.15) is 0 Å². The lowest BCUT2D eigenvalue weighted by molar-refractivity contribution is 0.0401. The summed E-state index contributed by atoms with van der Waals surface area (Å²) < 4.78 is 28.2. The van der Waals surface area contributed by atoms with E-state index in [9.17, 15) is 19.2 Å². The molecule has 0 fully saturated rings. The van der Waals surface area contributed by atoms with E-state index in [0.717, 1.165) is 0 Å². The Kier molecular flexibility index (Phi) is 11.5. The van der Waals surface area contributed by atoms with Crippen molar-refractivity contribution in [3.8, 4) is 5.75 Å². The highest BCUT2D eigenvalue weighted by molar-refractivity contribution is 6.15. The van der Waals surface area contributed by atoms with Gasteiger partial charge in [-0.05, 0) is 34.7 Å². The van der Waals surface area contributed by atoms with Gasteiger partial charge in [0.2, 0.25) is 0 Å². The number of methoxy groups -OCH3 is 1. The number of hydrogen-bond donors (Lipinski definition) is 0. The quantitative estimate of drug-likeness (QED) is 0.0941. The number of hydrogen-bond acceptors (Lipinski definition) is 9. The minimum absolute atomic E-state index is 0.0461. The predicted octanol–water partition coefficient (Wildman–Crippen LogP) is 7.43. The number of carbonyl (C=O) groups excluding carboxylic acids is 4. The SMILES string of the molecule is COc1c(C(=O)OCc2ccccc2)c(C(=O)OCc2ccccc2)c(C)c(C(=O)OCc2ccccc2)c1C(=O)OCc1ccccc1. The lowest BCUT2D eigenvalue weighted by atomic mass is 9.90. The number of esters is 4. The summed E-state index contributed by atoms with van der Waals surface area (Å²) in [4.78, 5) is 55.6. The molecule has 0 bridgehead atoms. The molecule has 248 valence electrons. The molecular formula is C40H34O9. The molecule has 0 N–H and O–H groups in total. The Balaban J connectivity index is 1.62. The van der Waals surface area contributed by atoms with Gasteiger partial charge in [-0.15, -0.1) is 0 Å². The fourth-order valence-corrected chi connectivity index (χ4v) is 5.14. The van der Waals surface area contributed by atoms with Gasteiger partial charge in [0.05, 0.1) is 18.2 Å². The number of rotatable bonds is 13. The number of ether oxygens (including phenoxy) is 5. The van der Waals surface area contributed by atoms with Crippen molar-refractivity contribution in [3.05, 3.63) is 171 Å². The Labute approximate surface area is 284 Å². The van der Waals surface area contributed by atoms with E-state index >= 15 is 0 Å². The zero-order valence-corrected chi connectivity index (χ0v) is 27.0. The topological polar surface area (TPSA) is 114 Å². The van der Waals surface area contributed by atoms with Crippen molar-refractivity contribution in [2.75, 3.05) is 7.11 Å². The van der Waals surface area contributed by atoms with Crippen LogP contribution in [-0.4, -0.2) is 31.0 Å². The van der Waals surface area contributed by atoms with Crippen LogP contribution in [0.4, 0.5) is 0 Å². The van der Waals surface area contributed by atoms with Gasteiger partial charge in [-0.25, -0.2) is 19.2 Å². The van der Waals surface area contributed by atoms with Crippen molar-refractivity contribution in [2.24, 2.45) is 0 Å². The Hall–Kier alpha value is -6.22. The lowest BCUT2D eigenvalue weighted by Crippen LogP contribution is -2.24. The summed E-state index contributed by atoms with van der Waals surface area (Å²) in [6, 6.07) is 35.8. The van der Waals surface area contributed by atoms with E-state index in [1.807, 2.05) is 24.3 Å². The zero-order chi connectivity index (χ0) is 34.6. The van der Waals surface area contributed by atoms with Gasteiger partial charge in [0, 0.05) is 0 Å². The molecule has 0 atom stereocenters. The Morgan fingerprint density at radius 2 is 0.653 bits per heavy atom. The van der Waals surface area contributed by atoms with Crippen LogP contribution in [0.15, 0.2) is 121 Å². The van der Waals surface area contributed by atoms with Crippen molar-refractivity contribution < 1.29 is 42.9 Å². The molecule has 0 amide bonds. The van der Waals surface area contributed by atoms with Gasteiger partial charge in [-0.3, -0.25) is 0 Å². The zero-order valence-electron chi connectivity index (χ0n) is 27.0. The highest BCUT2D eigenvalue weighted by Gasteiger charge is 2.38. The molecule has 0 spiro atoms. The maximum Gasteiger partial charge on any atom is 0.343 e. The van der Waals surface area contributed by atoms with Crippen LogP contribution >= 0.6 is 0 Å². The first-order valence-corrected chi connectivity index (χ1v) is 15.5. The predicted molar refractivity (Wildman–Crippen MR) is 180 cm³/mol. The van der Waals surface area contributed by atoms with Crippen LogP contribution in [0.3, 0.4) is 0 Å². The summed E-state index contributed by atoms with van der Waals surface area (Å²) in [5.74, 6) is -4.21. The van der Waals surface area contributed by atoms with E-state index in [4.69, 9.17) is 23.7 Å². The van der Waals surface area contributed by atoms with Crippen LogP contribution in [0.1, 0.15) is 69.2 Å². The van der Waals surface area contributed by atoms with Crippen molar-refractivity contribution in [1.82, 2.24) is 0 Å². The van der Waals surface area contributed by atoms with Crippen LogP contribution in [0, 0.1) is 6.92 Å². The second-order valence-electron chi connectivity index (χ2n) is 10.9. The number of benzene rings is 5. The monoisotopic (exact) mass is 658 g/mol. The Bertz CT molecular complexity index is 1770. The molecular weight excluding hydrogens is 624 g/mol. The molecule has 0 saturated carbocycles. The minimum Gasteiger partial charge on any atom is -0.495 e. The molecule has 0 aliphatic rings. The standard InChI is InChI=1S/C40H34O9/c1-27-32(37(41)46-23-28-15-7-3-8-16-28)34(39(43)48-25-30-19-11-5-12-20-30)36(45-2)35(40(44)49-26-31-21-13-6-14-22-31)33(27)38(42)47-24-29-17-9-4-10-18-29/h3-22H,23-26H2,1-2H3. The molecule has 0 aliphatic carbocycles. The highest BCUT2D eigenvalue weighted by Crippen LogP contribution is 2.37. The molecule has 0 unspecified atom stereocenters.